The second kappa shape index (κ2) is 8.48. The Morgan fingerprint density at radius 2 is 1.97 bits per heavy atom. The van der Waals surface area contributed by atoms with Crippen molar-refractivity contribution in [3.05, 3.63) is 57.3 Å². The molecule has 7 heteroatoms. The van der Waals surface area contributed by atoms with E-state index in [1.165, 1.54) is 6.42 Å². The molecular formula is C24H21BrO6. The third-order valence-electron chi connectivity index (χ3n) is 5.79. The van der Waals surface area contributed by atoms with Gasteiger partial charge >= 0.3 is 5.97 Å². The Morgan fingerprint density at radius 3 is 2.81 bits per heavy atom. The minimum Gasteiger partial charge on any atom is -0.467 e. The fourth-order valence-electron chi connectivity index (χ4n) is 4.23. The summed E-state index contributed by atoms with van der Waals surface area (Å²) in [5, 5.41) is 0. The van der Waals surface area contributed by atoms with E-state index in [4.69, 9.17) is 18.9 Å². The molecule has 2 aliphatic heterocycles. The summed E-state index contributed by atoms with van der Waals surface area (Å²) in [4.78, 5) is 25.3. The quantitative estimate of drug-likeness (QED) is 0.329. The van der Waals surface area contributed by atoms with Gasteiger partial charge in [0, 0.05) is 21.7 Å². The number of ketones is 1. The molecule has 160 valence electrons. The summed E-state index contributed by atoms with van der Waals surface area (Å²) in [7, 11) is 0. The summed E-state index contributed by atoms with van der Waals surface area (Å²) in [5.41, 5.74) is 2.07. The van der Waals surface area contributed by atoms with Gasteiger partial charge in [-0.15, -0.1) is 0 Å². The molecule has 0 aromatic heterocycles. The SMILES string of the molecule is O=C1/C(=C/c2cc(Br)cc3c2OCOC3)Oc2cc(OC(=O)C3CCCCC3)ccc21. The molecule has 2 aromatic rings. The Kier molecular flexibility index (Phi) is 5.54. The summed E-state index contributed by atoms with van der Waals surface area (Å²) >= 11 is 3.48. The van der Waals surface area contributed by atoms with Crippen molar-refractivity contribution < 1.29 is 28.5 Å². The van der Waals surface area contributed by atoms with Crippen LogP contribution in [0.2, 0.25) is 0 Å². The van der Waals surface area contributed by atoms with E-state index in [2.05, 4.69) is 15.9 Å². The van der Waals surface area contributed by atoms with Crippen molar-refractivity contribution in [2.45, 2.75) is 38.7 Å². The Hall–Kier alpha value is -2.64. The number of esters is 1. The molecule has 0 radical (unpaired) electrons. The monoisotopic (exact) mass is 484 g/mol. The van der Waals surface area contributed by atoms with Gasteiger partial charge in [0.25, 0.3) is 0 Å². The zero-order valence-electron chi connectivity index (χ0n) is 16.8. The van der Waals surface area contributed by atoms with E-state index in [9.17, 15) is 9.59 Å². The minimum atomic E-state index is -0.221. The zero-order chi connectivity index (χ0) is 21.4. The van der Waals surface area contributed by atoms with Crippen LogP contribution in [0.15, 0.2) is 40.6 Å². The molecule has 1 aliphatic carbocycles. The molecule has 5 rings (SSSR count). The van der Waals surface area contributed by atoms with E-state index in [1.807, 2.05) is 12.1 Å². The van der Waals surface area contributed by atoms with Crippen molar-refractivity contribution in [1.82, 2.24) is 0 Å². The molecular weight excluding hydrogens is 464 g/mol. The maximum absolute atomic E-state index is 12.9. The molecule has 0 saturated heterocycles. The average Bonchev–Trinajstić information content (AvgIpc) is 3.09. The lowest BCUT2D eigenvalue weighted by Gasteiger charge is -2.20. The highest BCUT2D eigenvalue weighted by molar-refractivity contribution is 9.10. The van der Waals surface area contributed by atoms with Crippen LogP contribution < -0.4 is 14.2 Å². The predicted octanol–water partition coefficient (Wildman–Crippen LogP) is 5.42. The van der Waals surface area contributed by atoms with Gasteiger partial charge in [0.2, 0.25) is 5.78 Å². The molecule has 2 heterocycles. The van der Waals surface area contributed by atoms with E-state index in [1.54, 1.807) is 24.3 Å². The van der Waals surface area contributed by atoms with Gasteiger partial charge in [0.1, 0.15) is 17.2 Å². The second-order valence-electron chi connectivity index (χ2n) is 7.95. The molecule has 6 nitrogen and oxygen atoms in total. The maximum Gasteiger partial charge on any atom is 0.314 e. The van der Waals surface area contributed by atoms with Crippen molar-refractivity contribution >= 4 is 33.8 Å². The van der Waals surface area contributed by atoms with Crippen LogP contribution in [0.25, 0.3) is 6.08 Å². The summed E-state index contributed by atoms with van der Waals surface area (Å²) in [6.45, 7) is 0.602. The molecule has 3 aliphatic rings. The number of halogens is 1. The van der Waals surface area contributed by atoms with Gasteiger partial charge in [0.15, 0.2) is 12.6 Å². The van der Waals surface area contributed by atoms with Crippen molar-refractivity contribution in [3.63, 3.8) is 0 Å². The van der Waals surface area contributed by atoms with E-state index in [0.717, 1.165) is 41.3 Å². The molecule has 1 saturated carbocycles. The Morgan fingerprint density at radius 1 is 1.13 bits per heavy atom. The highest BCUT2D eigenvalue weighted by atomic mass is 79.9. The molecule has 0 bridgehead atoms. The Labute approximate surface area is 188 Å². The molecule has 0 N–H and O–H groups in total. The number of hydrogen-bond acceptors (Lipinski definition) is 6. The molecule has 0 unspecified atom stereocenters. The maximum atomic E-state index is 12.9. The third kappa shape index (κ3) is 4.12. The predicted molar refractivity (Wildman–Crippen MR) is 116 cm³/mol. The van der Waals surface area contributed by atoms with Crippen LogP contribution in [-0.4, -0.2) is 18.5 Å². The number of rotatable bonds is 3. The first kappa shape index (κ1) is 20.3. The fourth-order valence-corrected chi connectivity index (χ4v) is 4.75. The van der Waals surface area contributed by atoms with Crippen LogP contribution in [0.5, 0.6) is 17.2 Å². The first-order valence-electron chi connectivity index (χ1n) is 10.4. The van der Waals surface area contributed by atoms with Crippen molar-refractivity contribution in [1.29, 1.82) is 0 Å². The van der Waals surface area contributed by atoms with Crippen LogP contribution in [0.3, 0.4) is 0 Å². The van der Waals surface area contributed by atoms with E-state index < -0.39 is 0 Å². The Balaban J connectivity index is 1.38. The normalized spacial score (nSPS) is 19.4. The van der Waals surface area contributed by atoms with E-state index in [0.29, 0.717) is 29.4 Å². The van der Waals surface area contributed by atoms with Gasteiger partial charge in [-0.3, -0.25) is 9.59 Å². The van der Waals surface area contributed by atoms with Crippen molar-refractivity contribution in [2.75, 3.05) is 6.79 Å². The topological polar surface area (TPSA) is 71.1 Å². The summed E-state index contributed by atoms with van der Waals surface area (Å²) in [5.74, 6) is 1.17. The van der Waals surface area contributed by atoms with Gasteiger partial charge < -0.3 is 18.9 Å². The average molecular weight is 485 g/mol. The first-order valence-corrected chi connectivity index (χ1v) is 11.2. The summed E-state index contributed by atoms with van der Waals surface area (Å²) in [6, 6.07) is 8.69. The summed E-state index contributed by atoms with van der Waals surface area (Å²) < 4.78 is 23.2. The lowest BCUT2D eigenvalue weighted by molar-refractivity contribution is -0.139. The number of carbonyl (C=O) groups excluding carboxylic acids is 2. The first-order chi connectivity index (χ1) is 15.1. The van der Waals surface area contributed by atoms with Gasteiger partial charge in [-0.05, 0) is 43.2 Å². The lowest BCUT2D eigenvalue weighted by atomic mass is 9.89. The molecule has 0 atom stereocenters. The van der Waals surface area contributed by atoms with E-state index >= 15 is 0 Å². The molecule has 1 fully saturated rings. The number of fused-ring (bicyclic) bond motifs is 2. The van der Waals surface area contributed by atoms with Crippen molar-refractivity contribution in [2.24, 2.45) is 5.92 Å². The Bertz CT molecular complexity index is 1080. The van der Waals surface area contributed by atoms with E-state index in [-0.39, 0.29) is 30.2 Å². The molecule has 0 spiro atoms. The van der Waals surface area contributed by atoms with Gasteiger partial charge in [0.05, 0.1) is 18.1 Å². The highest BCUT2D eigenvalue weighted by Gasteiger charge is 2.30. The number of benzene rings is 2. The number of ether oxygens (including phenoxy) is 4. The lowest BCUT2D eigenvalue weighted by Crippen LogP contribution is -2.22. The van der Waals surface area contributed by atoms with Gasteiger partial charge in [-0.2, -0.15) is 0 Å². The standard InChI is InChI=1S/C24H21BrO6/c25-17-8-15(23-16(9-17)12-28-13-29-23)10-21-22(26)19-7-6-18(11-20(19)31-21)30-24(27)14-4-2-1-3-5-14/h6-11,14H,1-5,12-13H2/b21-10-. The van der Waals surface area contributed by atoms with Crippen LogP contribution in [0.1, 0.15) is 53.6 Å². The van der Waals surface area contributed by atoms with Crippen LogP contribution in [-0.2, 0) is 16.1 Å². The molecule has 2 aromatic carbocycles. The van der Waals surface area contributed by atoms with Gasteiger partial charge in [-0.25, -0.2) is 0 Å². The summed E-state index contributed by atoms with van der Waals surface area (Å²) in [6.07, 6.45) is 6.71. The highest BCUT2D eigenvalue weighted by Crippen LogP contribution is 2.38. The third-order valence-corrected chi connectivity index (χ3v) is 6.25. The minimum absolute atomic E-state index is 0.0494. The van der Waals surface area contributed by atoms with Crippen LogP contribution in [0.4, 0.5) is 0 Å². The van der Waals surface area contributed by atoms with Crippen LogP contribution >= 0.6 is 15.9 Å². The van der Waals surface area contributed by atoms with Crippen molar-refractivity contribution in [3.8, 4) is 17.2 Å². The molecule has 31 heavy (non-hydrogen) atoms. The van der Waals surface area contributed by atoms with Gasteiger partial charge in [-0.1, -0.05) is 35.2 Å². The number of carbonyl (C=O) groups is 2. The number of allylic oxidation sites excluding steroid dienone is 1. The largest absolute Gasteiger partial charge is 0.467 e. The zero-order valence-corrected chi connectivity index (χ0v) is 18.4. The fraction of sp³-hybridized carbons (Fsp3) is 0.333. The number of hydrogen-bond donors (Lipinski definition) is 0. The van der Waals surface area contributed by atoms with Crippen LogP contribution in [0, 0.1) is 5.92 Å². The number of Topliss-reactive ketones (excluding diaryl/α,β-unsaturated/α-hetero) is 1. The molecule has 0 amide bonds. The smallest absolute Gasteiger partial charge is 0.314 e. The second-order valence-corrected chi connectivity index (χ2v) is 8.86.